The smallest absolute Gasteiger partial charge is 0.457 e. The number of phosphoric acid groups is 1. The van der Waals surface area contributed by atoms with E-state index in [1.807, 2.05) is 0 Å². The lowest BCUT2D eigenvalue weighted by atomic mass is 10.1. The second kappa shape index (κ2) is 35.3. The van der Waals surface area contributed by atoms with E-state index in [1.54, 1.807) is 0 Å². The summed E-state index contributed by atoms with van der Waals surface area (Å²) >= 11 is 0. The van der Waals surface area contributed by atoms with Gasteiger partial charge in [-0.25, -0.2) is 4.57 Å². The highest BCUT2D eigenvalue weighted by molar-refractivity contribution is 7.47. The number of hydrogen-bond donors (Lipinski definition) is 2. The molecule has 0 radical (unpaired) electrons. The third-order valence-corrected chi connectivity index (χ3v) is 8.86. The monoisotopic (exact) mass is 674 g/mol. The first kappa shape index (κ1) is 45.0. The summed E-state index contributed by atoms with van der Waals surface area (Å²) < 4.78 is 33.2. The molecule has 0 aromatic carbocycles. The van der Waals surface area contributed by atoms with E-state index >= 15 is 0 Å². The number of nitrogens with two attached hydrogens (primary N) is 1. The topological polar surface area (TPSA) is 117 Å². The number of ether oxygens (including phenoxy) is 2. The van der Waals surface area contributed by atoms with Gasteiger partial charge in [0.2, 0.25) is 0 Å². The molecule has 0 aliphatic heterocycles. The Morgan fingerprint density at radius 2 is 1.15 bits per heavy atom. The molecule has 9 heteroatoms. The average molecular weight is 674 g/mol. The van der Waals surface area contributed by atoms with Gasteiger partial charge in [0.15, 0.2) is 0 Å². The zero-order chi connectivity index (χ0) is 33.8. The minimum absolute atomic E-state index is 0.0968. The summed E-state index contributed by atoms with van der Waals surface area (Å²) in [5.74, 6) is -0.344. The third kappa shape index (κ3) is 34.3. The van der Waals surface area contributed by atoms with Gasteiger partial charge < -0.3 is 20.1 Å². The highest BCUT2D eigenvalue weighted by Gasteiger charge is 2.25. The van der Waals surface area contributed by atoms with Gasteiger partial charge >= 0.3 is 13.8 Å². The van der Waals surface area contributed by atoms with Crippen LogP contribution in [0.2, 0.25) is 0 Å². The van der Waals surface area contributed by atoms with E-state index in [0.717, 1.165) is 57.8 Å². The van der Waals surface area contributed by atoms with E-state index in [2.05, 4.69) is 38.2 Å². The summed E-state index contributed by atoms with van der Waals surface area (Å²) in [4.78, 5) is 22.3. The van der Waals surface area contributed by atoms with Crippen LogP contribution < -0.4 is 5.73 Å². The molecule has 0 fully saturated rings. The predicted molar refractivity (Wildman–Crippen MR) is 192 cm³/mol. The molecule has 0 heterocycles. The molecule has 0 aromatic rings. The minimum Gasteiger partial charge on any atom is -0.457 e. The molecule has 2 atom stereocenters. The van der Waals surface area contributed by atoms with Crippen molar-refractivity contribution in [1.82, 2.24) is 0 Å². The van der Waals surface area contributed by atoms with Crippen molar-refractivity contribution in [2.24, 2.45) is 5.73 Å². The molecular formula is C37H72NO7P. The van der Waals surface area contributed by atoms with Crippen molar-refractivity contribution in [2.45, 2.75) is 174 Å². The SMILES string of the molecule is CCCCCC/C=C\C/C=C\CCCCCCCC(=O)OC(COCCCCCCCCCCCCC)COP(=O)(O)OCCN. The predicted octanol–water partition coefficient (Wildman–Crippen LogP) is 10.5. The zero-order valence-electron chi connectivity index (χ0n) is 29.8. The first-order chi connectivity index (χ1) is 22.4. The first-order valence-electron chi connectivity index (χ1n) is 18.8. The van der Waals surface area contributed by atoms with Gasteiger partial charge in [0.05, 0.1) is 19.8 Å². The van der Waals surface area contributed by atoms with Gasteiger partial charge in [-0.1, -0.05) is 141 Å². The highest BCUT2D eigenvalue weighted by atomic mass is 31.2. The zero-order valence-corrected chi connectivity index (χ0v) is 30.7. The summed E-state index contributed by atoms with van der Waals surface area (Å²) in [7, 11) is -4.27. The molecule has 2 unspecified atom stereocenters. The van der Waals surface area contributed by atoms with E-state index in [-0.39, 0.29) is 32.3 Å². The molecule has 0 amide bonds. The van der Waals surface area contributed by atoms with Crippen molar-refractivity contribution in [3.05, 3.63) is 24.3 Å². The van der Waals surface area contributed by atoms with Crippen LogP contribution in [-0.2, 0) is 27.9 Å². The van der Waals surface area contributed by atoms with E-state index in [0.29, 0.717) is 13.0 Å². The van der Waals surface area contributed by atoms with E-state index in [9.17, 15) is 14.3 Å². The van der Waals surface area contributed by atoms with Crippen LogP contribution in [0.3, 0.4) is 0 Å². The third-order valence-electron chi connectivity index (χ3n) is 7.87. The number of rotatable bonds is 36. The van der Waals surface area contributed by atoms with Gasteiger partial charge in [-0.15, -0.1) is 0 Å². The summed E-state index contributed by atoms with van der Waals surface area (Å²) in [6, 6.07) is 0. The van der Waals surface area contributed by atoms with Crippen molar-refractivity contribution in [1.29, 1.82) is 0 Å². The molecule has 3 N–H and O–H groups in total. The van der Waals surface area contributed by atoms with E-state index < -0.39 is 13.9 Å². The molecule has 0 aliphatic carbocycles. The fourth-order valence-electron chi connectivity index (χ4n) is 5.08. The number of phosphoric ester groups is 1. The Kier molecular flexibility index (Phi) is 34.5. The van der Waals surface area contributed by atoms with Crippen molar-refractivity contribution in [3.8, 4) is 0 Å². The first-order valence-corrected chi connectivity index (χ1v) is 20.3. The Morgan fingerprint density at radius 1 is 0.652 bits per heavy atom. The highest BCUT2D eigenvalue weighted by Crippen LogP contribution is 2.43. The number of carbonyl (C=O) groups is 1. The Morgan fingerprint density at radius 3 is 1.72 bits per heavy atom. The minimum atomic E-state index is -4.27. The number of unbranched alkanes of at least 4 members (excludes halogenated alkanes) is 19. The van der Waals surface area contributed by atoms with Crippen molar-refractivity contribution < 1.29 is 32.8 Å². The van der Waals surface area contributed by atoms with Crippen LogP contribution in [0.15, 0.2) is 24.3 Å². The molecule has 0 rings (SSSR count). The number of carbonyl (C=O) groups excluding carboxylic acids is 1. The van der Waals surface area contributed by atoms with Crippen LogP contribution >= 0.6 is 7.82 Å². The summed E-state index contributed by atoms with van der Waals surface area (Å²) in [5.41, 5.74) is 5.35. The standard InChI is InChI=1S/C37H72NO7P/c1-3-5-7-9-11-13-15-16-17-18-19-20-22-24-26-28-30-37(39)45-36(35-44-46(40,41)43-33-31-38)34-42-32-29-27-25-23-21-14-12-10-8-6-4-2/h13,15,17-18,36H,3-12,14,16,19-35,38H2,1-2H3,(H,40,41)/b15-13-,18-17-. The molecule has 0 spiro atoms. The summed E-state index contributed by atoms with van der Waals surface area (Å²) in [5, 5.41) is 0. The van der Waals surface area contributed by atoms with Crippen LogP contribution in [0.1, 0.15) is 168 Å². The largest absolute Gasteiger partial charge is 0.472 e. The second-order valence-electron chi connectivity index (χ2n) is 12.4. The van der Waals surface area contributed by atoms with Crippen molar-refractivity contribution >= 4 is 13.8 Å². The molecule has 0 saturated heterocycles. The maximum absolute atomic E-state index is 12.5. The molecule has 0 bridgehead atoms. The molecule has 272 valence electrons. The fraction of sp³-hybridized carbons (Fsp3) is 0.865. The van der Waals surface area contributed by atoms with Crippen LogP contribution in [0.25, 0.3) is 0 Å². The lowest BCUT2D eigenvalue weighted by Gasteiger charge is -2.20. The van der Waals surface area contributed by atoms with Crippen LogP contribution in [0, 0.1) is 0 Å². The molecule has 0 aromatic heterocycles. The maximum Gasteiger partial charge on any atom is 0.472 e. The van der Waals surface area contributed by atoms with Crippen LogP contribution in [0.4, 0.5) is 0 Å². The van der Waals surface area contributed by atoms with Crippen molar-refractivity contribution in [3.63, 3.8) is 0 Å². The van der Waals surface area contributed by atoms with Gasteiger partial charge in [0.1, 0.15) is 6.10 Å². The van der Waals surface area contributed by atoms with Gasteiger partial charge in [-0.2, -0.15) is 0 Å². The number of hydrogen-bond acceptors (Lipinski definition) is 7. The second-order valence-corrected chi connectivity index (χ2v) is 13.9. The molecule has 0 saturated carbocycles. The van der Waals surface area contributed by atoms with Gasteiger partial charge in [0, 0.05) is 19.6 Å². The lowest BCUT2D eigenvalue weighted by Crippen LogP contribution is -2.28. The molecule has 0 aliphatic rings. The van der Waals surface area contributed by atoms with E-state index in [1.165, 1.54) is 89.9 Å². The Balaban J connectivity index is 4.11. The molecule has 8 nitrogen and oxygen atoms in total. The Bertz CT molecular complexity index is 762. The average Bonchev–Trinajstić information content (AvgIpc) is 3.04. The molecule has 46 heavy (non-hydrogen) atoms. The van der Waals surface area contributed by atoms with Gasteiger partial charge in [-0.3, -0.25) is 13.8 Å². The lowest BCUT2D eigenvalue weighted by molar-refractivity contribution is -0.154. The fourth-order valence-corrected chi connectivity index (χ4v) is 5.85. The van der Waals surface area contributed by atoms with Crippen molar-refractivity contribution in [2.75, 3.05) is 33.0 Å². The summed E-state index contributed by atoms with van der Waals surface area (Å²) in [6.45, 7) is 4.88. The van der Waals surface area contributed by atoms with Gasteiger partial charge in [-0.05, 0) is 44.9 Å². The maximum atomic E-state index is 12.5. The molecular weight excluding hydrogens is 601 g/mol. The number of esters is 1. The van der Waals surface area contributed by atoms with Crippen LogP contribution in [0.5, 0.6) is 0 Å². The Hall–Kier alpha value is -1.02. The summed E-state index contributed by atoms with van der Waals surface area (Å²) in [6.07, 6.45) is 36.1. The normalized spacial score (nSPS) is 13.9. The number of allylic oxidation sites excluding steroid dienone is 4. The Labute approximate surface area is 283 Å². The quantitative estimate of drug-likeness (QED) is 0.0292. The van der Waals surface area contributed by atoms with E-state index in [4.69, 9.17) is 24.3 Å². The van der Waals surface area contributed by atoms with Gasteiger partial charge in [0.25, 0.3) is 0 Å². The van der Waals surface area contributed by atoms with Crippen LogP contribution in [-0.4, -0.2) is 49.9 Å².